The summed E-state index contributed by atoms with van der Waals surface area (Å²) in [5.74, 6) is -1.16. The molecule has 1 amide bonds. The Bertz CT molecular complexity index is 592. The molecule has 0 atom stereocenters. The largest absolute Gasteiger partial charge is 0.396 e. The molecule has 2 aromatic heterocycles. The third kappa shape index (κ3) is 4.06. The first-order valence-corrected chi connectivity index (χ1v) is 6.63. The topological polar surface area (TPSA) is 66.3 Å². The van der Waals surface area contributed by atoms with Crippen molar-refractivity contribution in [3.05, 3.63) is 59.9 Å². The first-order valence-electron chi connectivity index (χ1n) is 6.63. The van der Waals surface area contributed by atoms with E-state index in [0.29, 0.717) is 18.7 Å². The molecule has 5 nitrogen and oxygen atoms in total. The molecule has 0 aromatic carbocycles. The fourth-order valence-corrected chi connectivity index (χ4v) is 1.89. The van der Waals surface area contributed by atoms with Crippen LogP contribution in [0.4, 0.5) is 4.39 Å². The summed E-state index contributed by atoms with van der Waals surface area (Å²) in [5.41, 5.74) is 0.478. The Kier molecular flexibility index (Phi) is 5.34. The molecule has 21 heavy (non-hydrogen) atoms. The van der Waals surface area contributed by atoms with Gasteiger partial charge in [0.05, 0.1) is 12.2 Å². The number of hydrogen-bond acceptors (Lipinski definition) is 4. The van der Waals surface area contributed by atoms with Crippen LogP contribution in [0.3, 0.4) is 0 Å². The average molecular weight is 289 g/mol. The molecule has 0 saturated heterocycles. The standard InChI is InChI=1S/C15H16FN3O2/c16-13-6-3-8-18-14(13)15(21)19(9-4-10-20)11-12-5-1-2-7-17-12/h1-3,5-8,20H,4,9-11H2. The van der Waals surface area contributed by atoms with E-state index in [4.69, 9.17) is 5.11 Å². The quantitative estimate of drug-likeness (QED) is 0.878. The molecular formula is C15H16FN3O2. The van der Waals surface area contributed by atoms with Gasteiger partial charge in [-0.3, -0.25) is 9.78 Å². The predicted molar refractivity (Wildman–Crippen MR) is 74.9 cm³/mol. The van der Waals surface area contributed by atoms with Crippen LogP contribution >= 0.6 is 0 Å². The lowest BCUT2D eigenvalue weighted by Crippen LogP contribution is -2.33. The van der Waals surface area contributed by atoms with Crippen LogP contribution in [0.2, 0.25) is 0 Å². The molecular weight excluding hydrogens is 273 g/mol. The molecule has 110 valence electrons. The summed E-state index contributed by atoms with van der Waals surface area (Å²) in [6.07, 6.45) is 3.42. The zero-order chi connectivity index (χ0) is 15.1. The Balaban J connectivity index is 2.19. The maximum Gasteiger partial charge on any atom is 0.275 e. The van der Waals surface area contributed by atoms with Crippen molar-refractivity contribution in [3.8, 4) is 0 Å². The molecule has 2 aromatic rings. The molecule has 1 N–H and O–H groups in total. The summed E-state index contributed by atoms with van der Waals surface area (Å²) >= 11 is 0. The summed E-state index contributed by atoms with van der Waals surface area (Å²) in [7, 11) is 0. The molecule has 0 bridgehead atoms. The van der Waals surface area contributed by atoms with E-state index in [9.17, 15) is 9.18 Å². The van der Waals surface area contributed by atoms with E-state index >= 15 is 0 Å². The van der Waals surface area contributed by atoms with Gasteiger partial charge in [-0.1, -0.05) is 6.07 Å². The van der Waals surface area contributed by atoms with Gasteiger partial charge in [-0.05, 0) is 30.7 Å². The van der Waals surface area contributed by atoms with Gasteiger partial charge in [-0.15, -0.1) is 0 Å². The van der Waals surface area contributed by atoms with E-state index < -0.39 is 11.7 Å². The summed E-state index contributed by atoms with van der Waals surface area (Å²) in [6, 6.07) is 8.02. The number of hydrogen-bond donors (Lipinski definition) is 1. The molecule has 0 saturated carbocycles. The smallest absolute Gasteiger partial charge is 0.275 e. The number of rotatable bonds is 6. The van der Waals surface area contributed by atoms with Gasteiger partial charge in [0.15, 0.2) is 11.5 Å². The minimum atomic E-state index is -0.655. The highest BCUT2D eigenvalue weighted by molar-refractivity contribution is 5.92. The van der Waals surface area contributed by atoms with E-state index in [1.165, 1.54) is 23.2 Å². The summed E-state index contributed by atoms with van der Waals surface area (Å²) in [4.78, 5) is 21.8. The van der Waals surface area contributed by atoms with Gasteiger partial charge >= 0.3 is 0 Å². The lowest BCUT2D eigenvalue weighted by molar-refractivity contribution is 0.0718. The molecule has 0 unspecified atom stereocenters. The van der Waals surface area contributed by atoms with Gasteiger partial charge < -0.3 is 10.0 Å². The second kappa shape index (κ2) is 7.44. The van der Waals surface area contributed by atoms with Crippen LogP contribution in [0.1, 0.15) is 22.6 Å². The van der Waals surface area contributed by atoms with Gasteiger partial charge in [-0.2, -0.15) is 0 Å². The molecule has 0 spiro atoms. The Labute approximate surface area is 122 Å². The molecule has 0 aliphatic heterocycles. The first-order chi connectivity index (χ1) is 10.2. The van der Waals surface area contributed by atoms with Crippen LogP contribution in [0.25, 0.3) is 0 Å². The lowest BCUT2D eigenvalue weighted by atomic mass is 10.2. The third-order valence-corrected chi connectivity index (χ3v) is 2.91. The molecule has 2 heterocycles. The highest BCUT2D eigenvalue weighted by Crippen LogP contribution is 2.10. The lowest BCUT2D eigenvalue weighted by Gasteiger charge is -2.21. The van der Waals surface area contributed by atoms with Gasteiger partial charge in [0.1, 0.15) is 0 Å². The van der Waals surface area contributed by atoms with Gasteiger partial charge in [0.2, 0.25) is 0 Å². The first kappa shape index (κ1) is 15.1. The number of pyridine rings is 2. The van der Waals surface area contributed by atoms with Gasteiger partial charge in [-0.25, -0.2) is 9.37 Å². The fraction of sp³-hybridized carbons (Fsp3) is 0.267. The number of aliphatic hydroxyl groups is 1. The minimum Gasteiger partial charge on any atom is -0.396 e. The number of carbonyl (C=O) groups is 1. The number of aromatic nitrogens is 2. The van der Waals surface area contributed by atoms with Crippen LogP contribution in [0.5, 0.6) is 0 Å². The van der Waals surface area contributed by atoms with Crippen LogP contribution in [-0.4, -0.2) is 39.0 Å². The van der Waals surface area contributed by atoms with Gasteiger partial charge in [0.25, 0.3) is 5.91 Å². The fourth-order valence-electron chi connectivity index (χ4n) is 1.89. The van der Waals surface area contributed by atoms with Crippen LogP contribution in [0.15, 0.2) is 42.7 Å². The number of amides is 1. The SMILES string of the molecule is O=C(c1ncccc1F)N(CCCO)Cc1ccccn1. The highest BCUT2D eigenvalue weighted by atomic mass is 19.1. The predicted octanol–water partition coefficient (Wildman–Crippen LogP) is 1.64. The van der Waals surface area contributed by atoms with Crippen molar-refractivity contribution in [2.24, 2.45) is 0 Å². The zero-order valence-electron chi connectivity index (χ0n) is 11.4. The van der Waals surface area contributed by atoms with E-state index in [-0.39, 0.29) is 18.8 Å². The van der Waals surface area contributed by atoms with E-state index in [2.05, 4.69) is 9.97 Å². The van der Waals surface area contributed by atoms with Crippen molar-refractivity contribution in [2.75, 3.05) is 13.2 Å². The van der Waals surface area contributed by atoms with Crippen molar-refractivity contribution in [1.29, 1.82) is 0 Å². The van der Waals surface area contributed by atoms with Gasteiger partial charge in [0, 0.05) is 25.5 Å². The molecule has 0 aliphatic rings. The maximum absolute atomic E-state index is 13.7. The van der Waals surface area contributed by atoms with E-state index in [1.807, 2.05) is 6.07 Å². The van der Waals surface area contributed by atoms with Crippen LogP contribution in [-0.2, 0) is 6.54 Å². The number of nitrogens with zero attached hydrogens (tertiary/aromatic N) is 3. The minimum absolute atomic E-state index is 0.0449. The molecule has 2 rings (SSSR count). The van der Waals surface area contributed by atoms with Crippen LogP contribution < -0.4 is 0 Å². The molecule has 0 fully saturated rings. The van der Waals surface area contributed by atoms with Crippen molar-refractivity contribution in [3.63, 3.8) is 0 Å². The molecule has 6 heteroatoms. The van der Waals surface area contributed by atoms with Crippen molar-refractivity contribution in [1.82, 2.24) is 14.9 Å². The van der Waals surface area contributed by atoms with Crippen LogP contribution in [0, 0.1) is 5.82 Å². The van der Waals surface area contributed by atoms with Crippen molar-refractivity contribution < 1.29 is 14.3 Å². The Morgan fingerprint density at radius 3 is 2.67 bits per heavy atom. The third-order valence-electron chi connectivity index (χ3n) is 2.91. The summed E-state index contributed by atoms with van der Waals surface area (Å²) in [6.45, 7) is 0.508. The monoisotopic (exact) mass is 289 g/mol. The molecule has 0 aliphatic carbocycles. The van der Waals surface area contributed by atoms with Crippen molar-refractivity contribution >= 4 is 5.91 Å². The summed E-state index contributed by atoms with van der Waals surface area (Å²) in [5, 5.41) is 8.94. The highest BCUT2D eigenvalue weighted by Gasteiger charge is 2.20. The maximum atomic E-state index is 13.7. The normalized spacial score (nSPS) is 10.4. The second-order valence-electron chi connectivity index (χ2n) is 4.46. The Hall–Kier alpha value is -2.34. The second-order valence-corrected chi connectivity index (χ2v) is 4.46. The zero-order valence-corrected chi connectivity index (χ0v) is 11.4. The van der Waals surface area contributed by atoms with Crippen molar-refractivity contribution in [2.45, 2.75) is 13.0 Å². The number of carbonyl (C=O) groups excluding carboxylic acids is 1. The van der Waals surface area contributed by atoms with E-state index in [0.717, 1.165) is 0 Å². The Morgan fingerprint density at radius 2 is 2.00 bits per heavy atom. The number of halogens is 1. The number of aliphatic hydroxyl groups excluding tert-OH is 1. The summed E-state index contributed by atoms with van der Waals surface area (Å²) < 4.78 is 13.7. The average Bonchev–Trinajstić information content (AvgIpc) is 2.52. The van der Waals surface area contributed by atoms with E-state index in [1.54, 1.807) is 18.3 Å². The molecule has 0 radical (unpaired) electrons. The Morgan fingerprint density at radius 1 is 1.19 bits per heavy atom.